The van der Waals surface area contributed by atoms with Crippen molar-refractivity contribution in [3.63, 3.8) is 0 Å². The van der Waals surface area contributed by atoms with Gasteiger partial charge in [-0.1, -0.05) is 32.3 Å². The van der Waals surface area contributed by atoms with E-state index in [1.165, 1.54) is 12.5 Å². The number of furan rings is 1. The number of unbranched alkanes of at least 4 members (excludes halogenated alkanes) is 3. The lowest BCUT2D eigenvalue weighted by Crippen LogP contribution is -2.35. The van der Waals surface area contributed by atoms with Gasteiger partial charge in [-0.3, -0.25) is 14.6 Å². The van der Waals surface area contributed by atoms with E-state index in [2.05, 4.69) is 17.2 Å². The number of carbonyl (C=O) groups excluding carboxylic acids is 2. The lowest BCUT2D eigenvalue weighted by molar-refractivity contribution is -0.121. The molecular weight excluding hydrogens is 330 g/mol. The van der Waals surface area contributed by atoms with Crippen LogP contribution in [0.5, 0.6) is 0 Å². The van der Waals surface area contributed by atoms with Crippen LogP contribution in [0.25, 0.3) is 0 Å². The molecule has 26 heavy (non-hydrogen) atoms. The summed E-state index contributed by atoms with van der Waals surface area (Å²) in [5.74, 6) is -0.164. The number of aromatic nitrogens is 1. The van der Waals surface area contributed by atoms with Gasteiger partial charge in [0.05, 0.1) is 11.8 Å². The molecule has 140 valence electrons. The van der Waals surface area contributed by atoms with Gasteiger partial charge >= 0.3 is 0 Å². The molecule has 6 heteroatoms. The van der Waals surface area contributed by atoms with Crippen molar-refractivity contribution in [2.24, 2.45) is 0 Å². The number of nitrogens with one attached hydrogen (secondary N) is 1. The van der Waals surface area contributed by atoms with Crippen LogP contribution in [0.2, 0.25) is 0 Å². The van der Waals surface area contributed by atoms with Gasteiger partial charge in [-0.05, 0) is 24.1 Å². The third kappa shape index (κ3) is 6.70. The number of nitrogens with zero attached hydrogens (tertiary/aromatic N) is 2. The molecule has 0 aromatic carbocycles. The van der Waals surface area contributed by atoms with E-state index < -0.39 is 0 Å². The van der Waals surface area contributed by atoms with Crippen LogP contribution in [0.1, 0.15) is 54.9 Å². The summed E-state index contributed by atoms with van der Waals surface area (Å²) in [4.78, 5) is 30.5. The molecule has 2 aromatic heterocycles. The molecule has 2 amide bonds. The lowest BCUT2D eigenvalue weighted by Gasteiger charge is -2.22. The molecule has 0 aliphatic carbocycles. The molecule has 0 aliphatic rings. The van der Waals surface area contributed by atoms with Crippen molar-refractivity contribution in [3.05, 3.63) is 54.2 Å². The summed E-state index contributed by atoms with van der Waals surface area (Å²) in [7, 11) is 0. The van der Waals surface area contributed by atoms with Crippen LogP contribution in [0.15, 0.2) is 47.5 Å². The Morgan fingerprint density at radius 1 is 1.19 bits per heavy atom. The zero-order valence-corrected chi connectivity index (χ0v) is 15.3. The summed E-state index contributed by atoms with van der Waals surface area (Å²) in [5.41, 5.74) is 1.48. The van der Waals surface area contributed by atoms with Crippen LogP contribution in [-0.2, 0) is 11.3 Å². The summed E-state index contributed by atoms with van der Waals surface area (Å²) in [5, 5.41) is 2.87. The van der Waals surface area contributed by atoms with Gasteiger partial charge in [-0.15, -0.1) is 0 Å². The quantitative estimate of drug-likeness (QED) is 0.625. The van der Waals surface area contributed by atoms with Crippen LogP contribution in [0.4, 0.5) is 0 Å². The van der Waals surface area contributed by atoms with Crippen molar-refractivity contribution >= 4 is 11.8 Å². The van der Waals surface area contributed by atoms with Crippen molar-refractivity contribution in [1.29, 1.82) is 0 Å². The van der Waals surface area contributed by atoms with Crippen LogP contribution >= 0.6 is 0 Å². The highest BCUT2D eigenvalue weighted by Gasteiger charge is 2.17. The second-order valence-corrected chi connectivity index (χ2v) is 6.25. The highest BCUT2D eigenvalue weighted by molar-refractivity contribution is 5.94. The van der Waals surface area contributed by atoms with E-state index in [0.29, 0.717) is 25.2 Å². The number of pyridine rings is 1. The molecule has 2 aromatic rings. The molecule has 2 heterocycles. The maximum atomic E-state index is 12.6. The van der Waals surface area contributed by atoms with Crippen molar-refractivity contribution in [2.45, 2.75) is 45.6 Å². The minimum absolute atomic E-state index is 0.0765. The molecule has 0 radical (unpaired) electrons. The van der Waals surface area contributed by atoms with Crippen LogP contribution in [0, 0.1) is 0 Å². The molecule has 0 fully saturated rings. The number of hydrogen-bond donors (Lipinski definition) is 1. The van der Waals surface area contributed by atoms with Crippen molar-refractivity contribution < 1.29 is 14.0 Å². The molecule has 0 spiro atoms. The maximum Gasteiger partial charge on any atom is 0.257 e. The predicted octanol–water partition coefficient (Wildman–Crippen LogP) is 3.40. The molecule has 0 bridgehead atoms. The SMILES string of the molecule is CCCCCCN(CCC(=O)NCc1cccnc1)C(=O)c1ccoc1. The maximum absolute atomic E-state index is 12.6. The largest absolute Gasteiger partial charge is 0.472 e. The average Bonchev–Trinajstić information content (AvgIpc) is 3.21. The number of hydrogen-bond acceptors (Lipinski definition) is 4. The fraction of sp³-hybridized carbons (Fsp3) is 0.450. The van der Waals surface area contributed by atoms with Crippen molar-refractivity contribution in [1.82, 2.24) is 15.2 Å². The summed E-state index contributed by atoms with van der Waals surface area (Å²) < 4.78 is 5.01. The van der Waals surface area contributed by atoms with Crippen molar-refractivity contribution in [3.8, 4) is 0 Å². The van der Waals surface area contributed by atoms with E-state index in [1.54, 1.807) is 23.4 Å². The first-order valence-corrected chi connectivity index (χ1v) is 9.17. The summed E-state index contributed by atoms with van der Waals surface area (Å²) in [6.07, 6.45) is 11.0. The van der Waals surface area contributed by atoms with Crippen LogP contribution in [0.3, 0.4) is 0 Å². The predicted molar refractivity (Wildman–Crippen MR) is 99.5 cm³/mol. The van der Waals surface area contributed by atoms with Gasteiger partial charge in [-0.25, -0.2) is 0 Å². The normalized spacial score (nSPS) is 10.5. The van der Waals surface area contributed by atoms with Gasteiger partial charge in [-0.2, -0.15) is 0 Å². The van der Waals surface area contributed by atoms with E-state index in [-0.39, 0.29) is 18.2 Å². The molecule has 2 rings (SSSR count). The monoisotopic (exact) mass is 357 g/mol. The van der Waals surface area contributed by atoms with E-state index >= 15 is 0 Å². The second-order valence-electron chi connectivity index (χ2n) is 6.25. The number of carbonyl (C=O) groups is 2. The van der Waals surface area contributed by atoms with Gasteiger partial charge in [0.2, 0.25) is 5.91 Å². The van der Waals surface area contributed by atoms with Crippen LogP contribution < -0.4 is 5.32 Å². The Labute approximate surface area is 154 Å². The van der Waals surface area contributed by atoms with E-state index in [4.69, 9.17) is 4.42 Å². The second kappa shape index (κ2) is 11.1. The van der Waals surface area contributed by atoms with E-state index in [1.807, 2.05) is 12.1 Å². The highest BCUT2D eigenvalue weighted by Crippen LogP contribution is 2.09. The standard InChI is InChI=1S/C20H27N3O3/c1-2-3-4-5-11-23(20(25)18-9-13-26-16-18)12-8-19(24)22-15-17-7-6-10-21-14-17/h6-7,9-10,13-14,16H,2-5,8,11-12,15H2,1H3,(H,22,24). The Bertz CT molecular complexity index is 656. The van der Waals surface area contributed by atoms with Gasteiger partial charge in [0, 0.05) is 38.4 Å². The fourth-order valence-corrected chi connectivity index (χ4v) is 2.64. The van der Waals surface area contributed by atoms with Gasteiger partial charge < -0.3 is 14.6 Å². The van der Waals surface area contributed by atoms with Gasteiger partial charge in [0.15, 0.2) is 0 Å². The summed E-state index contributed by atoms with van der Waals surface area (Å²) in [6, 6.07) is 5.41. The Morgan fingerprint density at radius 3 is 2.77 bits per heavy atom. The first-order valence-electron chi connectivity index (χ1n) is 9.17. The molecule has 6 nitrogen and oxygen atoms in total. The Hall–Kier alpha value is -2.63. The molecule has 1 N–H and O–H groups in total. The highest BCUT2D eigenvalue weighted by atomic mass is 16.3. The lowest BCUT2D eigenvalue weighted by atomic mass is 10.2. The minimum atomic E-state index is -0.0877. The molecule has 0 aliphatic heterocycles. The Morgan fingerprint density at radius 2 is 2.08 bits per heavy atom. The Balaban J connectivity index is 1.82. The fourth-order valence-electron chi connectivity index (χ4n) is 2.64. The third-order valence-corrected chi connectivity index (χ3v) is 4.16. The third-order valence-electron chi connectivity index (χ3n) is 4.16. The minimum Gasteiger partial charge on any atom is -0.472 e. The number of amides is 2. The van der Waals surface area contributed by atoms with Gasteiger partial charge in [0.1, 0.15) is 6.26 Å². The summed E-state index contributed by atoms with van der Waals surface area (Å²) in [6.45, 7) is 3.65. The first kappa shape index (κ1) is 19.7. The number of rotatable bonds is 11. The summed E-state index contributed by atoms with van der Waals surface area (Å²) >= 11 is 0. The van der Waals surface area contributed by atoms with E-state index in [9.17, 15) is 9.59 Å². The Kier molecular flexibility index (Phi) is 8.39. The molecule has 0 atom stereocenters. The molecule has 0 unspecified atom stereocenters. The molecular formula is C20H27N3O3. The van der Waals surface area contributed by atoms with E-state index in [0.717, 1.165) is 31.2 Å². The topological polar surface area (TPSA) is 75.4 Å². The van der Waals surface area contributed by atoms with Gasteiger partial charge in [0.25, 0.3) is 5.91 Å². The molecule has 0 saturated carbocycles. The smallest absolute Gasteiger partial charge is 0.257 e. The first-order chi connectivity index (χ1) is 12.7. The molecule has 0 saturated heterocycles. The average molecular weight is 357 g/mol. The zero-order valence-electron chi connectivity index (χ0n) is 15.3. The van der Waals surface area contributed by atoms with Crippen LogP contribution in [-0.4, -0.2) is 34.8 Å². The van der Waals surface area contributed by atoms with Crippen molar-refractivity contribution in [2.75, 3.05) is 13.1 Å². The zero-order chi connectivity index (χ0) is 18.6.